The number of rotatable bonds is 5. The van der Waals surface area contributed by atoms with Crippen molar-refractivity contribution >= 4 is 24.0 Å². The molecule has 0 bridgehead atoms. The summed E-state index contributed by atoms with van der Waals surface area (Å²) in [5.74, 6) is -0.106. The van der Waals surface area contributed by atoms with Crippen LogP contribution in [0.5, 0.6) is 11.5 Å². The molecule has 0 saturated carbocycles. The fraction of sp³-hybridized carbons (Fsp3) is 0.278. The number of ether oxygens (including phenoxy) is 2. The van der Waals surface area contributed by atoms with Crippen molar-refractivity contribution in [1.29, 1.82) is 0 Å². The third-order valence-corrected chi connectivity index (χ3v) is 3.82. The van der Waals surface area contributed by atoms with Gasteiger partial charge in [0.1, 0.15) is 5.82 Å². The highest BCUT2D eigenvalue weighted by molar-refractivity contribution is 5.96. The molecule has 0 saturated heterocycles. The maximum atomic E-state index is 14.3. The number of anilines is 1. The van der Waals surface area contributed by atoms with Crippen molar-refractivity contribution in [3.63, 3.8) is 0 Å². The fourth-order valence-corrected chi connectivity index (χ4v) is 2.44. The number of nitrogens with one attached hydrogen (secondary N) is 1. The van der Waals surface area contributed by atoms with Gasteiger partial charge in [0.25, 0.3) is 5.91 Å². The number of carbonyl (C=O) groups is 1. The Bertz CT molecular complexity index is 768. The second-order valence-corrected chi connectivity index (χ2v) is 5.50. The molecule has 1 unspecified atom stereocenters. The number of benzene rings is 2. The number of nitrogens with two attached hydrogens (primary N) is 1. The molecule has 1 amide bonds. The Balaban J connectivity index is 0.00000312. The SMILES string of the molecule is COc1cc(F)c(C(C)NC(=O)c2cc(N)ccc2C)cc1OC.Cl. The highest BCUT2D eigenvalue weighted by Gasteiger charge is 2.19. The van der Waals surface area contributed by atoms with E-state index in [-0.39, 0.29) is 18.3 Å². The standard InChI is InChI=1S/C18H21FN2O3.ClH/c1-10-5-6-12(20)7-13(10)18(22)21-11(2)14-8-16(23-3)17(24-4)9-15(14)19;/h5-9,11H,20H2,1-4H3,(H,21,22);1H. The van der Waals surface area contributed by atoms with Crippen molar-refractivity contribution in [2.75, 3.05) is 20.0 Å². The quantitative estimate of drug-likeness (QED) is 0.790. The topological polar surface area (TPSA) is 73.6 Å². The number of methoxy groups -OCH3 is 2. The van der Waals surface area contributed by atoms with Gasteiger partial charge in [-0.05, 0) is 37.6 Å². The molecule has 5 nitrogen and oxygen atoms in total. The van der Waals surface area contributed by atoms with Gasteiger partial charge >= 0.3 is 0 Å². The molecule has 0 aliphatic heterocycles. The first-order valence-corrected chi connectivity index (χ1v) is 7.45. The number of halogens is 2. The maximum absolute atomic E-state index is 14.3. The summed E-state index contributed by atoms with van der Waals surface area (Å²) in [4.78, 5) is 12.4. The van der Waals surface area contributed by atoms with E-state index < -0.39 is 11.9 Å². The molecule has 0 radical (unpaired) electrons. The second kappa shape index (κ2) is 8.58. The Hall–Kier alpha value is -2.47. The van der Waals surface area contributed by atoms with E-state index in [9.17, 15) is 9.18 Å². The molecule has 0 aliphatic rings. The number of amides is 1. The lowest BCUT2D eigenvalue weighted by Gasteiger charge is -2.18. The Morgan fingerprint density at radius 3 is 2.36 bits per heavy atom. The van der Waals surface area contributed by atoms with E-state index in [0.717, 1.165) is 5.56 Å². The lowest BCUT2D eigenvalue weighted by atomic mass is 10.0. The van der Waals surface area contributed by atoms with E-state index in [1.54, 1.807) is 25.1 Å². The first-order chi connectivity index (χ1) is 11.4. The molecule has 25 heavy (non-hydrogen) atoms. The zero-order valence-corrected chi connectivity index (χ0v) is 15.4. The van der Waals surface area contributed by atoms with Gasteiger partial charge in [-0.2, -0.15) is 0 Å². The van der Waals surface area contributed by atoms with Gasteiger partial charge in [-0.15, -0.1) is 12.4 Å². The maximum Gasteiger partial charge on any atom is 0.252 e. The lowest BCUT2D eigenvalue weighted by molar-refractivity contribution is 0.0938. The van der Waals surface area contributed by atoms with Crippen LogP contribution >= 0.6 is 12.4 Å². The zero-order valence-electron chi connectivity index (χ0n) is 14.6. The summed E-state index contributed by atoms with van der Waals surface area (Å²) in [6.45, 7) is 3.51. The molecule has 0 heterocycles. The molecule has 0 fully saturated rings. The van der Waals surface area contributed by atoms with Crippen LogP contribution in [0.15, 0.2) is 30.3 Å². The van der Waals surface area contributed by atoms with Crippen LogP contribution < -0.4 is 20.5 Å². The second-order valence-electron chi connectivity index (χ2n) is 5.50. The number of aryl methyl sites for hydroxylation is 1. The molecule has 7 heteroatoms. The van der Waals surface area contributed by atoms with E-state index in [0.29, 0.717) is 28.3 Å². The Labute approximate surface area is 152 Å². The average molecular weight is 369 g/mol. The minimum absolute atomic E-state index is 0. The molecule has 3 N–H and O–H groups in total. The number of hydrogen-bond donors (Lipinski definition) is 2. The number of nitrogen functional groups attached to an aromatic ring is 1. The third-order valence-electron chi connectivity index (χ3n) is 3.82. The van der Waals surface area contributed by atoms with Crippen LogP contribution in [0.25, 0.3) is 0 Å². The van der Waals surface area contributed by atoms with Crippen molar-refractivity contribution in [2.24, 2.45) is 0 Å². The predicted octanol–water partition coefficient (Wildman–Crippen LogP) is 3.65. The summed E-state index contributed by atoms with van der Waals surface area (Å²) in [5.41, 5.74) is 7.79. The molecule has 2 aromatic rings. The molecule has 0 aromatic heterocycles. The van der Waals surface area contributed by atoms with E-state index in [2.05, 4.69) is 5.32 Å². The summed E-state index contributed by atoms with van der Waals surface area (Å²) in [7, 11) is 2.91. The molecular formula is C18H22ClFN2O3. The summed E-state index contributed by atoms with van der Waals surface area (Å²) >= 11 is 0. The van der Waals surface area contributed by atoms with Crippen LogP contribution in [-0.4, -0.2) is 20.1 Å². The van der Waals surface area contributed by atoms with Crippen LogP contribution in [0.4, 0.5) is 10.1 Å². The molecule has 0 aliphatic carbocycles. The molecule has 2 rings (SSSR count). The van der Waals surface area contributed by atoms with Gasteiger partial charge in [0.15, 0.2) is 11.5 Å². The molecule has 136 valence electrons. The van der Waals surface area contributed by atoms with Gasteiger partial charge in [0.2, 0.25) is 0 Å². The zero-order chi connectivity index (χ0) is 17.9. The van der Waals surface area contributed by atoms with Gasteiger partial charge < -0.3 is 20.5 Å². The lowest BCUT2D eigenvalue weighted by Crippen LogP contribution is -2.28. The summed E-state index contributed by atoms with van der Waals surface area (Å²) < 4.78 is 24.5. The van der Waals surface area contributed by atoms with Gasteiger partial charge in [0, 0.05) is 22.9 Å². The monoisotopic (exact) mass is 368 g/mol. The highest BCUT2D eigenvalue weighted by atomic mass is 35.5. The molecular weight excluding hydrogens is 347 g/mol. The molecule has 2 aromatic carbocycles. The van der Waals surface area contributed by atoms with Crippen molar-refractivity contribution in [2.45, 2.75) is 19.9 Å². The third kappa shape index (κ3) is 4.54. The molecule has 0 spiro atoms. The molecule has 1 atom stereocenters. The van der Waals surface area contributed by atoms with Crippen LogP contribution in [0.3, 0.4) is 0 Å². The summed E-state index contributed by atoms with van der Waals surface area (Å²) in [6.07, 6.45) is 0. The van der Waals surface area contributed by atoms with Crippen molar-refractivity contribution in [1.82, 2.24) is 5.32 Å². The van der Waals surface area contributed by atoms with Gasteiger partial charge in [-0.3, -0.25) is 4.79 Å². The van der Waals surface area contributed by atoms with Gasteiger partial charge in [0.05, 0.1) is 20.3 Å². The Morgan fingerprint density at radius 2 is 1.76 bits per heavy atom. The minimum atomic E-state index is -0.557. The van der Waals surface area contributed by atoms with Crippen LogP contribution in [-0.2, 0) is 0 Å². The van der Waals surface area contributed by atoms with Crippen molar-refractivity contribution in [3.05, 3.63) is 52.8 Å². The highest BCUT2D eigenvalue weighted by Crippen LogP contribution is 2.32. The average Bonchev–Trinajstić information content (AvgIpc) is 2.56. The van der Waals surface area contributed by atoms with Crippen LogP contribution in [0.2, 0.25) is 0 Å². The van der Waals surface area contributed by atoms with Crippen LogP contribution in [0, 0.1) is 12.7 Å². The number of carbonyl (C=O) groups excluding carboxylic acids is 1. The largest absolute Gasteiger partial charge is 0.493 e. The Morgan fingerprint density at radius 1 is 1.16 bits per heavy atom. The minimum Gasteiger partial charge on any atom is -0.493 e. The first-order valence-electron chi connectivity index (χ1n) is 7.45. The van der Waals surface area contributed by atoms with E-state index in [4.69, 9.17) is 15.2 Å². The van der Waals surface area contributed by atoms with Crippen molar-refractivity contribution < 1.29 is 18.7 Å². The summed E-state index contributed by atoms with van der Waals surface area (Å²) in [6, 6.07) is 7.30. The normalized spacial score (nSPS) is 11.2. The van der Waals surface area contributed by atoms with E-state index in [1.165, 1.54) is 26.4 Å². The first kappa shape index (κ1) is 20.6. The van der Waals surface area contributed by atoms with Gasteiger partial charge in [-0.25, -0.2) is 4.39 Å². The van der Waals surface area contributed by atoms with E-state index >= 15 is 0 Å². The van der Waals surface area contributed by atoms with Crippen LogP contribution in [0.1, 0.15) is 34.5 Å². The van der Waals surface area contributed by atoms with Gasteiger partial charge in [-0.1, -0.05) is 6.07 Å². The smallest absolute Gasteiger partial charge is 0.252 e. The van der Waals surface area contributed by atoms with E-state index in [1.807, 2.05) is 6.92 Å². The predicted molar refractivity (Wildman–Crippen MR) is 98.2 cm³/mol. The summed E-state index contributed by atoms with van der Waals surface area (Å²) in [5, 5.41) is 2.78. The number of hydrogen-bond acceptors (Lipinski definition) is 4. The fourth-order valence-electron chi connectivity index (χ4n) is 2.44. The van der Waals surface area contributed by atoms with Crippen molar-refractivity contribution in [3.8, 4) is 11.5 Å². The Kier molecular flexibility index (Phi) is 7.06.